The van der Waals surface area contributed by atoms with Crippen LogP contribution in [0.5, 0.6) is 0 Å². The van der Waals surface area contributed by atoms with Crippen molar-refractivity contribution in [2.45, 2.75) is 0 Å². The fourth-order valence-corrected chi connectivity index (χ4v) is 6.21. The SMILES string of the molecule is c1ccc(-c2cc3nc(n2)c2cccc(c2)c2cccc(c2)n2c4ccccc4oc4ccc(cc4-2)c2cccc3c2)cc1. The standard InChI is InChI=1S/C40H25N3O/c1-2-9-26(10-3-1)34-25-35-31-14-6-11-27(21-31)30-19-20-39-37(24-30)43(36-17-4-5-18-38(36)44-39)33-16-8-13-29(23-33)28-12-7-15-32(22-28)40(41-34)42-35/h1-25H. The number of rotatable bonds is 1. The molecule has 3 heterocycles. The zero-order valence-electron chi connectivity index (χ0n) is 23.7. The van der Waals surface area contributed by atoms with Gasteiger partial charge in [0.05, 0.1) is 22.4 Å². The number of aromatic nitrogens is 3. The second kappa shape index (κ2) is 9.79. The van der Waals surface area contributed by atoms with Crippen LogP contribution in [0, 0.1) is 0 Å². The third-order valence-electron chi connectivity index (χ3n) is 8.37. The average molecular weight is 564 g/mol. The third kappa shape index (κ3) is 4.08. The van der Waals surface area contributed by atoms with Gasteiger partial charge < -0.3 is 8.98 Å². The average Bonchev–Trinajstić information content (AvgIpc) is 3.10. The Labute approximate surface area is 252 Å². The lowest BCUT2D eigenvalue weighted by atomic mass is 10.1. The summed E-state index contributed by atoms with van der Waals surface area (Å²) in [5, 5.41) is 6.43. The molecule has 1 aromatic heterocycles. The Bertz CT molecular complexity index is 2610. The first-order valence-electron chi connectivity index (χ1n) is 14.7. The van der Waals surface area contributed by atoms with E-state index in [1.54, 1.807) is 0 Å². The molecule has 206 valence electrons. The second-order valence-electron chi connectivity index (χ2n) is 11.1. The van der Waals surface area contributed by atoms with Crippen molar-refractivity contribution in [3.63, 3.8) is 0 Å². The zero-order chi connectivity index (χ0) is 29.0. The molecule has 2 aliphatic heterocycles. The molecule has 4 heteroatoms. The summed E-state index contributed by atoms with van der Waals surface area (Å²) in [6, 6.07) is 52.9. The van der Waals surface area contributed by atoms with E-state index in [2.05, 4.69) is 126 Å². The topological polar surface area (TPSA) is 43.9 Å². The summed E-state index contributed by atoms with van der Waals surface area (Å²) < 4.78 is 8.73. The highest BCUT2D eigenvalue weighted by atomic mass is 16.3. The first-order chi connectivity index (χ1) is 21.8. The predicted molar refractivity (Wildman–Crippen MR) is 182 cm³/mol. The van der Waals surface area contributed by atoms with Crippen molar-refractivity contribution in [3.05, 3.63) is 152 Å². The molecule has 0 N–H and O–H groups in total. The van der Waals surface area contributed by atoms with Crippen molar-refractivity contribution >= 4 is 65.7 Å². The van der Waals surface area contributed by atoms with Gasteiger partial charge in [0, 0.05) is 21.9 Å². The Morgan fingerprint density at radius 1 is 0.455 bits per heavy atom. The van der Waals surface area contributed by atoms with E-state index in [4.69, 9.17) is 14.4 Å². The highest BCUT2D eigenvalue weighted by Crippen LogP contribution is 2.32. The lowest BCUT2D eigenvalue weighted by Crippen LogP contribution is -2.00. The van der Waals surface area contributed by atoms with E-state index in [0.29, 0.717) is 5.65 Å². The summed E-state index contributed by atoms with van der Waals surface area (Å²) >= 11 is 0. The van der Waals surface area contributed by atoms with E-state index in [1.807, 2.05) is 30.3 Å². The molecule has 0 radical (unpaired) electrons. The molecule has 0 amide bonds. The van der Waals surface area contributed by atoms with Crippen LogP contribution in [-0.2, 0) is 0 Å². The lowest BCUT2D eigenvalue weighted by molar-refractivity contribution is 0.647. The summed E-state index contributed by atoms with van der Waals surface area (Å²) in [6.45, 7) is 0. The fourth-order valence-electron chi connectivity index (χ4n) is 6.21. The molecule has 0 saturated heterocycles. The summed E-state index contributed by atoms with van der Waals surface area (Å²) in [7, 11) is 0. The van der Waals surface area contributed by atoms with Crippen LogP contribution in [0.2, 0.25) is 0 Å². The van der Waals surface area contributed by atoms with E-state index in [9.17, 15) is 0 Å². The van der Waals surface area contributed by atoms with E-state index >= 15 is 0 Å². The Balaban J connectivity index is 1.52. The van der Waals surface area contributed by atoms with Crippen molar-refractivity contribution in [3.8, 4) is 16.9 Å². The van der Waals surface area contributed by atoms with Crippen LogP contribution < -0.4 is 0 Å². The molecule has 7 aromatic rings. The van der Waals surface area contributed by atoms with Gasteiger partial charge in [0.15, 0.2) is 16.8 Å². The Morgan fingerprint density at radius 2 is 1.14 bits per heavy atom. The van der Waals surface area contributed by atoms with Crippen LogP contribution in [0.4, 0.5) is 0 Å². The number of hydrogen-bond acceptors (Lipinski definition) is 3. The van der Waals surface area contributed by atoms with Crippen molar-refractivity contribution in [2.24, 2.45) is 0 Å². The number of benzene rings is 6. The first-order valence-corrected chi connectivity index (χ1v) is 14.7. The minimum atomic E-state index is 0.700. The molecule has 0 saturated carbocycles. The summed E-state index contributed by atoms with van der Waals surface area (Å²) in [4.78, 5) is 10.2. The van der Waals surface area contributed by atoms with Crippen molar-refractivity contribution in [1.82, 2.24) is 14.5 Å². The molecule has 10 bridgehead atoms. The van der Waals surface area contributed by atoms with Gasteiger partial charge in [0.2, 0.25) is 0 Å². The molecule has 44 heavy (non-hydrogen) atoms. The molecular weight excluding hydrogens is 538 g/mol. The summed E-state index contributed by atoms with van der Waals surface area (Å²) in [5.74, 6) is 0. The van der Waals surface area contributed by atoms with E-state index in [-0.39, 0.29) is 0 Å². The molecule has 9 rings (SSSR count). The van der Waals surface area contributed by atoms with Crippen LogP contribution in [0.25, 0.3) is 82.6 Å². The van der Waals surface area contributed by atoms with Crippen LogP contribution in [-0.4, -0.2) is 14.5 Å². The summed E-state index contributed by atoms with van der Waals surface area (Å²) in [5.41, 5.74) is 8.26. The van der Waals surface area contributed by atoms with Crippen molar-refractivity contribution in [2.75, 3.05) is 0 Å². The molecule has 0 atom stereocenters. The van der Waals surface area contributed by atoms with Gasteiger partial charge in [-0.15, -0.1) is 0 Å². The highest BCUT2D eigenvalue weighted by molar-refractivity contribution is 5.97. The number of hydrogen-bond donors (Lipinski definition) is 0. The van der Waals surface area contributed by atoms with Crippen LogP contribution in [0.1, 0.15) is 0 Å². The Kier molecular flexibility index (Phi) is 5.47. The molecule has 6 aromatic carbocycles. The maximum absolute atomic E-state index is 6.43. The van der Waals surface area contributed by atoms with Gasteiger partial charge in [0.25, 0.3) is 0 Å². The smallest absolute Gasteiger partial charge is 0.160 e. The van der Waals surface area contributed by atoms with Crippen LogP contribution in [0.3, 0.4) is 0 Å². The number of para-hydroxylation sites is 2. The Morgan fingerprint density at radius 3 is 2.00 bits per heavy atom. The maximum atomic E-state index is 6.43. The van der Waals surface area contributed by atoms with Gasteiger partial charge in [0.1, 0.15) is 0 Å². The minimum absolute atomic E-state index is 0.700. The van der Waals surface area contributed by atoms with Crippen LogP contribution >= 0.6 is 0 Å². The normalized spacial score (nSPS) is 11.6. The van der Waals surface area contributed by atoms with Crippen molar-refractivity contribution < 1.29 is 4.42 Å². The molecular formula is C40H25N3O. The van der Waals surface area contributed by atoms with Gasteiger partial charge in [-0.1, -0.05) is 97.1 Å². The van der Waals surface area contributed by atoms with Gasteiger partial charge in [-0.2, -0.15) is 0 Å². The molecule has 0 aliphatic carbocycles. The fraction of sp³-hybridized carbons (Fsp3) is 0. The molecule has 0 unspecified atom stereocenters. The summed E-state index contributed by atoms with van der Waals surface area (Å²) in [6.07, 6.45) is 0. The molecule has 2 aliphatic rings. The number of nitrogens with zero attached hydrogens (tertiary/aromatic N) is 3. The van der Waals surface area contributed by atoms with E-state index in [0.717, 1.165) is 77.0 Å². The van der Waals surface area contributed by atoms with Gasteiger partial charge in [-0.05, 0) is 76.1 Å². The predicted octanol–water partition coefficient (Wildman–Crippen LogP) is 10.6. The lowest BCUT2D eigenvalue weighted by Gasteiger charge is -2.16. The van der Waals surface area contributed by atoms with E-state index in [1.165, 1.54) is 0 Å². The Hall–Kier alpha value is -6.00. The second-order valence-corrected chi connectivity index (χ2v) is 11.1. The van der Waals surface area contributed by atoms with Gasteiger partial charge >= 0.3 is 0 Å². The molecule has 0 fully saturated rings. The first kappa shape index (κ1) is 24.6. The minimum Gasteiger partial charge on any atom is -0.453 e. The largest absolute Gasteiger partial charge is 0.453 e. The van der Waals surface area contributed by atoms with Gasteiger partial charge in [-0.3, -0.25) is 0 Å². The quantitative estimate of drug-likeness (QED) is 0.187. The number of fused-ring (bicyclic) bond motifs is 16. The van der Waals surface area contributed by atoms with Crippen LogP contribution in [0.15, 0.2) is 156 Å². The third-order valence-corrected chi connectivity index (χ3v) is 8.37. The van der Waals surface area contributed by atoms with E-state index < -0.39 is 0 Å². The zero-order valence-corrected chi connectivity index (χ0v) is 23.7. The maximum Gasteiger partial charge on any atom is 0.160 e. The molecule has 4 nitrogen and oxygen atoms in total. The molecule has 0 spiro atoms. The monoisotopic (exact) mass is 563 g/mol. The highest BCUT2D eigenvalue weighted by Gasteiger charge is 2.12. The van der Waals surface area contributed by atoms with Gasteiger partial charge in [-0.25, -0.2) is 9.97 Å². The van der Waals surface area contributed by atoms with Crippen molar-refractivity contribution in [1.29, 1.82) is 0 Å².